The van der Waals surface area contributed by atoms with Gasteiger partial charge in [-0.25, -0.2) is 0 Å². The number of likely N-dealkylation sites (N-methyl/N-ethyl adjacent to an activating group) is 1. The molecule has 0 aromatic heterocycles. The first-order valence-corrected chi connectivity index (χ1v) is 6.60. The molecule has 102 valence electrons. The van der Waals surface area contributed by atoms with Gasteiger partial charge in [0, 0.05) is 30.9 Å². The van der Waals surface area contributed by atoms with Crippen molar-refractivity contribution in [3.8, 4) is 0 Å². The maximum Gasteiger partial charge on any atom is 0.0947 e. The smallest absolute Gasteiger partial charge is 0.0947 e. The van der Waals surface area contributed by atoms with Gasteiger partial charge in [-0.1, -0.05) is 22.0 Å². The van der Waals surface area contributed by atoms with E-state index < -0.39 is 12.2 Å². The molecule has 2 N–H and O–H groups in total. The molecule has 0 saturated heterocycles. The molecule has 0 saturated carbocycles. The molecular weight excluding hydrogens is 298 g/mol. The summed E-state index contributed by atoms with van der Waals surface area (Å²) in [5, 5.41) is 19.2. The zero-order valence-electron chi connectivity index (χ0n) is 10.9. The highest BCUT2D eigenvalue weighted by Crippen LogP contribution is 2.27. The monoisotopic (exact) mass is 317 g/mol. The second-order valence-electron chi connectivity index (χ2n) is 4.37. The molecule has 0 heterocycles. The van der Waals surface area contributed by atoms with Crippen LogP contribution in [0.5, 0.6) is 0 Å². The highest BCUT2D eigenvalue weighted by molar-refractivity contribution is 9.10. The molecule has 18 heavy (non-hydrogen) atoms. The summed E-state index contributed by atoms with van der Waals surface area (Å²) in [5.74, 6) is 0. The number of hydrogen-bond donors (Lipinski definition) is 2. The van der Waals surface area contributed by atoms with Crippen LogP contribution in [0.25, 0.3) is 0 Å². The van der Waals surface area contributed by atoms with Gasteiger partial charge in [0.15, 0.2) is 0 Å². The van der Waals surface area contributed by atoms with Crippen molar-refractivity contribution in [1.82, 2.24) is 0 Å². The van der Waals surface area contributed by atoms with E-state index in [0.29, 0.717) is 13.2 Å². The van der Waals surface area contributed by atoms with Gasteiger partial charge in [-0.05, 0) is 24.6 Å². The number of aliphatic hydroxyl groups is 2. The number of rotatable bonds is 6. The predicted molar refractivity (Wildman–Crippen MR) is 75.9 cm³/mol. The molecule has 0 radical (unpaired) electrons. The average molecular weight is 318 g/mol. The summed E-state index contributed by atoms with van der Waals surface area (Å²) in [6.07, 6.45) is -1.02. The predicted octanol–water partition coefficient (Wildman–Crippen LogP) is 1.95. The van der Waals surface area contributed by atoms with Gasteiger partial charge in [0.1, 0.15) is 0 Å². The molecule has 0 bridgehead atoms. The molecule has 0 aliphatic heterocycles. The number of methoxy groups -OCH3 is 1. The van der Waals surface area contributed by atoms with Crippen LogP contribution < -0.4 is 4.90 Å². The normalized spacial score (nSPS) is 14.3. The lowest BCUT2D eigenvalue weighted by atomic mass is 10.1. The molecule has 1 rings (SSSR count). The Morgan fingerprint density at radius 3 is 2.56 bits per heavy atom. The van der Waals surface area contributed by atoms with Gasteiger partial charge in [-0.15, -0.1) is 0 Å². The van der Waals surface area contributed by atoms with E-state index in [9.17, 15) is 10.2 Å². The third-order valence-corrected chi connectivity index (χ3v) is 3.41. The van der Waals surface area contributed by atoms with E-state index in [2.05, 4.69) is 15.9 Å². The third kappa shape index (κ3) is 4.24. The van der Waals surface area contributed by atoms with Crippen molar-refractivity contribution in [1.29, 1.82) is 0 Å². The summed E-state index contributed by atoms with van der Waals surface area (Å²) in [7, 11) is 3.47. The van der Waals surface area contributed by atoms with Gasteiger partial charge in [0.2, 0.25) is 0 Å². The van der Waals surface area contributed by atoms with Crippen LogP contribution in [0.15, 0.2) is 22.7 Å². The SMILES string of the molecule is COCC(O)CN(C)c1ccc([C@@H](C)O)c(Br)c1. The van der Waals surface area contributed by atoms with Crippen molar-refractivity contribution in [2.24, 2.45) is 0 Å². The Morgan fingerprint density at radius 2 is 2.06 bits per heavy atom. The Bertz CT molecular complexity index is 384. The first kappa shape index (κ1) is 15.4. The van der Waals surface area contributed by atoms with Crippen molar-refractivity contribution in [3.05, 3.63) is 28.2 Å². The first-order chi connectivity index (χ1) is 8.45. The first-order valence-electron chi connectivity index (χ1n) is 5.81. The fraction of sp³-hybridized carbons (Fsp3) is 0.538. The summed E-state index contributed by atoms with van der Waals surface area (Å²) < 4.78 is 5.76. The number of anilines is 1. The maximum absolute atomic E-state index is 9.67. The largest absolute Gasteiger partial charge is 0.389 e. The van der Waals surface area contributed by atoms with E-state index in [1.807, 2.05) is 30.1 Å². The second-order valence-corrected chi connectivity index (χ2v) is 5.23. The molecule has 0 fully saturated rings. The van der Waals surface area contributed by atoms with E-state index in [1.54, 1.807) is 14.0 Å². The number of benzene rings is 1. The Balaban J connectivity index is 2.75. The van der Waals surface area contributed by atoms with Gasteiger partial charge in [0.25, 0.3) is 0 Å². The van der Waals surface area contributed by atoms with E-state index in [1.165, 1.54) is 0 Å². The number of nitrogens with zero attached hydrogens (tertiary/aromatic N) is 1. The maximum atomic E-state index is 9.67. The summed E-state index contributed by atoms with van der Waals surface area (Å²) in [4.78, 5) is 1.94. The van der Waals surface area contributed by atoms with Crippen LogP contribution in [0.3, 0.4) is 0 Å². The lowest BCUT2D eigenvalue weighted by molar-refractivity contribution is 0.0695. The minimum atomic E-state index is -0.518. The highest BCUT2D eigenvalue weighted by atomic mass is 79.9. The van der Waals surface area contributed by atoms with Crippen molar-refractivity contribution in [2.75, 3.05) is 32.2 Å². The average Bonchev–Trinajstić information content (AvgIpc) is 2.28. The van der Waals surface area contributed by atoms with Crippen molar-refractivity contribution in [2.45, 2.75) is 19.1 Å². The summed E-state index contributed by atoms with van der Waals surface area (Å²) in [6.45, 7) is 2.54. The second kappa shape index (κ2) is 7.09. The lowest BCUT2D eigenvalue weighted by Gasteiger charge is -2.23. The summed E-state index contributed by atoms with van der Waals surface area (Å²) in [5.41, 5.74) is 1.83. The zero-order chi connectivity index (χ0) is 13.7. The van der Waals surface area contributed by atoms with E-state index in [-0.39, 0.29) is 0 Å². The molecule has 0 amide bonds. The quantitative estimate of drug-likeness (QED) is 0.842. The van der Waals surface area contributed by atoms with Crippen molar-refractivity contribution >= 4 is 21.6 Å². The van der Waals surface area contributed by atoms with Gasteiger partial charge in [-0.3, -0.25) is 0 Å². The fourth-order valence-corrected chi connectivity index (χ4v) is 2.46. The van der Waals surface area contributed by atoms with Gasteiger partial charge in [0.05, 0.1) is 18.8 Å². The van der Waals surface area contributed by atoms with Crippen LogP contribution in [-0.2, 0) is 4.74 Å². The third-order valence-electron chi connectivity index (χ3n) is 2.72. The van der Waals surface area contributed by atoms with Crippen molar-refractivity contribution < 1.29 is 14.9 Å². The Kier molecular flexibility index (Phi) is 6.08. The minimum absolute atomic E-state index is 0.317. The standard InChI is InChI=1S/C13H20BrNO3/c1-9(16)12-5-4-10(6-13(12)14)15(2)7-11(17)8-18-3/h4-6,9,11,16-17H,7-8H2,1-3H3/t9-,11?/m1/s1. The van der Waals surface area contributed by atoms with Crippen molar-refractivity contribution in [3.63, 3.8) is 0 Å². The van der Waals surface area contributed by atoms with Crippen LogP contribution >= 0.6 is 15.9 Å². The molecule has 1 aromatic rings. The van der Waals surface area contributed by atoms with Gasteiger partial charge < -0.3 is 19.8 Å². The van der Waals surface area contributed by atoms with Crippen LogP contribution in [-0.4, -0.2) is 43.6 Å². The number of hydrogen-bond acceptors (Lipinski definition) is 4. The molecule has 5 heteroatoms. The van der Waals surface area contributed by atoms with E-state index in [0.717, 1.165) is 15.7 Å². The summed E-state index contributed by atoms with van der Waals surface area (Å²) >= 11 is 3.44. The number of aliphatic hydroxyl groups excluding tert-OH is 2. The zero-order valence-corrected chi connectivity index (χ0v) is 12.5. The topological polar surface area (TPSA) is 52.9 Å². The molecule has 0 aliphatic rings. The van der Waals surface area contributed by atoms with Crippen LogP contribution in [0.4, 0.5) is 5.69 Å². The molecule has 0 aliphatic carbocycles. The molecule has 2 atom stereocenters. The highest BCUT2D eigenvalue weighted by Gasteiger charge is 2.11. The fourth-order valence-electron chi connectivity index (χ4n) is 1.76. The molecule has 4 nitrogen and oxygen atoms in total. The van der Waals surface area contributed by atoms with Gasteiger partial charge >= 0.3 is 0 Å². The van der Waals surface area contributed by atoms with Gasteiger partial charge in [-0.2, -0.15) is 0 Å². The minimum Gasteiger partial charge on any atom is -0.389 e. The Labute approximate surface area is 116 Å². The Hall–Kier alpha value is -0.620. The lowest BCUT2D eigenvalue weighted by Crippen LogP contribution is -2.31. The molecular formula is C13H20BrNO3. The number of ether oxygens (including phenoxy) is 1. The molecule has 1 aromatic carbocycles. The van der Waals surface area contributed by atoms with Crippen LogP contribution in [0, 0.1) is 0 Å². The van der Waals surface area contributed by atoms with E-state index in [4.69, 9.17) is 4.74 Å². The molecule has 1 unspecified atom stereocenters. The number of halogens is 1. The van der Waals surface area contributed by atoms with Crippen LogP contribution in [0.2, 0.25) is 0 Å². The van der Waals surface area contributed by atoms with Crippen LogP contribution in [0.1, 0.15) is 18.6 Å². The van der Waals surface area contributed by atoms with E-state index >= 15 is 0 Å². The molecule has 0 spiro atoms. The Morgan fingerprint density at radius 1 is 1.39 bits per heavy atom. The summed E-state index contributed by atoms with van der Waals surface area (Å²) in [6, 6.07) is 5.73.